The highest BCUT2D eigenvalue weighted by atomic mass is 16.5. The van der Waals surface area contributed by atoms with Crippen molar-refractivity contribution in [1.29, 1.82) is 0 Å². The highest BCUT2D eigenvalue weighted by Gasteiger charge is 2.20. The minimum atomic E-state index is -0.0746. The molecule has 0 spiro atoms. The van der Waals surface area contributed by atoms with Crippen molar-refractivity contribution in [2.75, 3.05) is 51.5 Å². The molecule has 2 rings (SSSR count). The maximum Gasteiger partial charge on any atom is 0.0980 e. The summed E-state index contributed by atoms with van der Waals surface area (Å²) in [5, 5.41) is 12.6. The summed E-state index contributed by atoms with van der Waals surface area (Å²) in [6, 6.07) is 6.54. The first-order valence-electron chi connectivity index (χ1n) is 7.51. The normalized spacial score (nSPS) is 19.0. The van der Waals surface area contributed by atoms with Gasteiger partial charge in [-0.3, -0.25) is 0 Å². The average Bonchev–Trinajstić information content (AvgIpc) is 2.53. The molecule has 1 aromatic rings. The molecule has 1 aliphatic rings. The van der Waals surface area contributed by atoms with Crippen molar-refractivity contribution in [3.05, 3.63) is 29.3 Å². The van der Waals surface area contributed by atoms with Crippen LogP contribution in [0.15, 0.2) is 18.2 Å². The number of aryl methyl sites for hydroxylation is 1. The topological polar surface area (TPSA) is 54.0 Å². The molecule has 1 atom stereocenters. The van der Waals surface area contributed by atoms with E-state index in [1.165, 1.54) is 16.8 Å². The third-order valence-electron chi connectivity index (χ3n) is 3.83. The number of benzene rings is 1. The summed E-state index contributed by atoms with van der Waals surface area (Å²) in [4.78, 5) is 2.28. The zero-order chi connectivity index (χ0) is 15.1. The largest absolute Gasteiger partial charge is 0.394 e. The fourth-order valence-corrected chi connectivity index (χ4v) is 2.54. The molecule has 1 aliphatic heterocycles. The molecule has 1 unspecified atom stereocenters. The van der Waals surface area contributed by atoms with Crippen LogP contribution < -0.4 is 10.2 Å². The third kappa shape index (κ3) is 4.68. The molecule has 1 saturated heterocycles. The number of morpholine rings is 1. The average molecular weight is 294 g/mol. The van der Waals surface area contributed by atoms with Gasteiger partial charge in [-0.15, -0.1) is 0 Å². The lowest BCUT2D eigenvalue weighted by atomic mass is 10.1. The number of hydrogen-bond donors (Lipinski definition) is 2. The van der Waals surface area contributed by atoms with Gasteiger partial charge in [0.1, 0.15) is 0 Å². The Morgan fingerprint density at radius 2 is 2.33 bits per heavy atom. The second-order valence-corrected chi connectivity index (χ2v) is 5.40. The molecular formula is C16H26N2O3. The molecule has 0 amide bonds. The lowest BCUT2D eigenvalue weighted by Crippen LogP contribution is -2.44. The molecule has 0 saturated carbocycles. The zero-order valence-corrected chi connectivity index (χ0v) is 13.0. The van der Waals surface area contributed by atoms with E-state index in [4.69, 9.17) is 9.47 Å². The highest BCUT2D eigenvalue weighted by molar-refractivity contribution is 5.51. The van der Waals surface area contributed by atoms with Crippen molar-refractivity contribution in [2.45, 2.75) is 19.6 Å². The first-order chi connectivity index (χ1) is 10.2. The van der Waals surface area contributed by atoms with Crippen LogP contribution in [-0.2, 0) is 16.0 Å². The number of anilines is 1. The molecule has 0 aromatic heterocycles. The summed E-state index contributed by atoms with van der Waals surface area (Å²) in [5.41, 5.74) is 3.79. The third-order valence-corrected chi connectivity index (χ3v) is 3.83. The molecule has 1 aromatic carbocycles. The number of rotatable bonds is 7. The van der Waals surface area contributed by atoms with Crippen LogP contribution in [-0.4, -0.2) is 57.8 Å². The number of hydrogen-bond acceptors (Lipinski definition) is 5. The summed E-state index contributed by atoms with van der Waals surface area (Å²) in [6.07, 6.45) is -0.0746. The van der Waals surface area contributed by atoms with Gasteiger partial charge in [0, 0.05) is 39.0 Å². The highest BCUT2D eigenvalue weighted by Crippen LogP contribution is 2.21. The van der Waals surface area contributed by atoms with Crippen LogP contribution in [0.2, 0.25) is 0 Å². The number of nitrogens with zero attached hydrogens (tertiary/aromatic N) is 1. The first kappa shape index (κ1) is 16.2. The molecule has 1 fully saturated rings. The summed E-state index contributed by atoms with van der Waals surface area (Å²) in [5.74, 6) is 0. The van der Waals surface area contributed by atoms with Crippen LogP contribution in [0.4, 0.5) is 5.69 Å². The van der Waals surface area contributed by atoms with E-state index in [0.717, 1.165) is 32.8 Å². The molecule has 1 heterocycles. The molecule has 5 heteroatoms. The molecule has 0 aliphatic carbocycles. The van der Waals surface area contributed by atoms with E-state index < -0.39 is 0 Å². The van der Waals surface area contributed by atoms with Gasteiger partial charge in [0.25, 0.3) is 0 Å². The van der Waals surface area contributed by atoms with Crippen molar-refractivity contribution in [2.24, 2.45) is 0 Å². The minimum Gasteiger partial charge on any atom is -0.394 e. The number of aliphatic hydroxyl groups is 1. The maximum absolute atomic E-state index is 9.23. The van der Waals surface area contributed by atoms with Crippen LogP contribution in [0.3, 0.4) is 0 Å². The van der Waals surface area contributed by atoms with E-state index in [1.54, 1.807) is 7.11 Å². The van der Waals surface area contributed by atoms with Crippen molar-refractivity contribution >= 4 is 5.69 Å². The van der Waals surface area contributed by atoms with Gasteiger partial charge in [-0.25, -0.2) is 0 Å². The first-order valence-corrected chi connectivity index (χ1v) is 7.51. The summed E-state index contributed by atoms with van der Waals surface area (Å²) >= 11 is 0. The lowest BCUT2D eigenvalue weighted by Gasteiger charge is -2.34. The molecule has 118 valence electrons. The van der Waals surface area contributed by atoms with Gasteiger partial charge in [-0.2, -0.15) is 0 Å². The number of nitrogens with one attached hydrogen (secondary N) is 1. The fraction of sp³-hybridized carbons (Fsp3) is 0.625. The number of methoxy groups -OCH3 is 1. The van der Waals surface area contributed by atoms with E-state index in [1.807, 2.05) is 0 Å². The lowest BCUT2D eigenvalue weighted by molar-refractivity contribution is 0.00356. The van der Waals surface area contributed by atoms with Crippen LogP contribution >= 0.6 is 0 Å². The second kappa shape index (κ2) is 8.34. The molecule has 21 heavy (non-hydrogen) atoms. The SMILES string of the molecule is COCCNCc1ccc(N2CCOC(CO)C2)cc1C. The predicted molar refractivity (Wildman–Crippen MR) is 83.8 cm³/mol. The predicted octanol–water partition coefficient (Wildman–Crippen LogP) is 0.929. The number of aliphatic hydroxyl groups excluding tert-OH is 1. The molecule has 0 bridgehead atoms. The van der Waals surface area contributed by atoms with Crippen molar-refractivity contribution in [3.8, 4) is 0 Å². The van der Waals surface area contributed by atoms with Crippen molar-refractivity contribution in [3.63, 3.8) is 0 Å². The number of ether oxygens (including phenoxy) is 2. The fourth-order valence-electron chi connectivity index (χ4n) is 2.54. The van der Waals surface area contributed by atoms with Crippen LogP contribution in [0.5, 0.6) is 0 Å². The Morgan fingerprint density at radius 3 is 3.05 bits per heavy atom. The van der Waals surface area contributed by atoms with Gasteiger partial charge in [0.2, 0.25) is 0 Å². The van der Waals surface area contributed by atoms with Gasteiger partial charge < -0.3 is 24.8 Å². The van der Waals surface area contributed by atoms with E-state index >= 15 is 0 Å². The second-order valence-electron chi connectivity index (χ2n) is 5.40. The summed E-state index contributed by atoms with van der Waals surface area (Å²) < 4.78 is 10.5. The smallest absolute Gasteiger partial charge is 0.0980 e. The zero-order valence-electron chi connectivity index (χ0n) is 13.0. The van der Waals surface area contributed by atoms with E-state index in [2.05, 4.69) is 35.3 Å². The standard InChI is InChI=1S/C16H26N2O3/c1-13-9-15(18-6-8-21-16(11-18)12-19)4-3-14(13)10-17-5-7-20-2/h3-4,9,16-17,19H,5-8,10-12H2,1-2H3. The van der Waals surface area contributed by atoms with Crippen LogP contribution in [0.1, 0.15) is 11.1 Å². The van der Waals surface area contributed by atoms with Gasteiger partial charge >= 0.3 is 0 Å². The van der Waals surface area contributed by atoms with Crippen LogP contribution in [0, 0.1) is 6.92 Å². The quantitative estimate of drug-likeness (QED) is 0.733. The van der Waals surface area contributed by atoms with Gasteiger partial charge in [-0.05, 0) is 30.2 Å². The van der Waals surface area contributed by atoms with Crippen molar-refractivity contribution < 1.29 is 14.6 Å². The molecular weight excluding hydrogens is 268 g/mol. The summed E-state index contributed by atoms with van der Waals surface area (Å²) in [7, 11) is 1.71. The van der Waals surface area contributed by atoms with E-state index in [-0.39, 0.29) is 12.7 Å². The Labute approximate surface area is 126 Å². The van der Waals surface area contributed by atoms with Gasteiger partial charge in [-0.1, -0.05) is 6.07 Å². The Kier molecular flexibility index (Phi) is 6.45. The van der Waals surface area contributed by atoms with Crippen molar-refractivity contribution in [1.82, 2.24) is 5.32 Å². The maximum atomic E-state index is 9.23. The van der Waals surface area contributed by atoms with Gasteiger partial charge in [0.15, 0.2) is 0 Å². The minimum absolute atomic E-state index is 0.0746. The Balaban J connectivity index is 1.94. The van der Waals surface area contributed by atoms with Crippen LogP contribution in [0.25, 0.3) is 0 Å². The Bertz CT molecular complexity index is 440. The summed E-state index contributed by atoms with van der Waals surface area (Å²) in [6.45, 7) is 6.97. The molecule has 2 N–H and O–H groups in total. The Morgan fingerprint density at radius 1 is 1.48 bits per heavy atom. The molecule has 0 radical (unpaired) electrons. The monoisotopic (exact) mass is 294 g/mol. The van der Waals surface area contributed by atoms with E-state index in [9.17, 15) is 5.11 Å². The van der Waals surface area contributed by atoms with E-state index in [0.29, 0.717) is 6.61 Å². The molecule has 5 nitrogen and oxygen atoms in total. The van der Waals surface area contributed by atoms with Gasteiger partial charge in [0.05, 0.1) is 25.9 Å². The Hall–Kier alpha value is -1.14.